The van der Waals surface area contributed by atoms with Crippen LogP contribution in [0.25, 0.3) is 10.9 Å². The number of carboxylic acids is 1. The van der Waals surface area contributed by atoms with Gasteiger partial charge in [0, 0.05) is 11.6 Å². The van der Waals surface area contributed by atoms with Gasteiger partial charge in [-0.2, -0.15) is 0 Å². The maximum absolute atomic E-state index is 12.1. The second kappa shape index (κ2) is 4.93. The Balaban J connectivity index is 2.60. The molecule has 0 aliphatic heterocycles. The van der Waals surface area contributed by atoms with Crippen molar-refractivity contribution in [2.45, 2.75) is 6.92 Å². The summed E-state index contributed by atoms with van der Waals surface area (Å²) < 4.78 is 4.77. The summed E-state index contributed by atoms with van der Waals surface area (Å²) in [6.45, 7) is 1.82. The van der Waals surface area contributed by atoms with Gasteiger partial charge in [-0.25, -0.2) is 9.59 Å². The standard InChI is InChI=1S/C13H11NO5/c1-2-19-13(18)9-6-14-10-5-7(12(16)17)3-4-8(10)11(9)15/h3-6H,2H2,1H3,(H,14,15)(H,16,17). The van der Waals surface area contributed by atoms with Crippen molar-refractivity contribution in [3.05, 3.63) is 45.7 Å². The average molecular weight is 261 g/mol. The summed E-state index contributed by atoms with van der Waals surface area (Å²) in [7, 11) is 0. The molecule has 0 amide bonds. The van der Waals surface area contributed by atoms with E-state index in [1.165, 1.54) is 24.4 Å². The Bertz CT molecular complexity index is 717. The summed E-state index contributed by atoms with van der Waals surface area (Å²) in [6, 6.07) is 4.03. The Hall–Kier alpha value is -2.63. The van der Waals surface area contributed by atoms with Crippen LogP contribution >= 0.6 is 0 Å². The molecule has 98 valence electrons. The maximum Gasteiger partial charge on any atom is 0.343 e. The fraction of sp³-hybridized carbons (Fsp3) is 0.154. The van der Waals surface area contributed by atoms with Crippen LogP contribution in [0.2, 0.25) is 0 Å². The Labute approximate surface area is 107 Å². The molecule has 1 aromatic carbocycles. The molecule has 19 heavy (non-hydrogen) atoms. The van der Waals surface area contributed by atoms with Crippen molar-refractivity contribution in [3.8, 4) is 0 Å². The zero-order chi connectivity index (χ0) is 14.0. The molecule has 0 radical (unpaired) electrons. The summed E-state index contributed by atoms with van der Waals surface area (Å²) in [5.74, 6) is -1.79. The lowest BCUT2D eigenvalue weighted by Crippen LogP contribution is -2.18. The molecule has 0 aliphatic rings. The Morgan fingerprint density at radius 2 is 2.11 bits per heavy atom. The van der Waals surface area contributed by atoms with Crippen LogP contribution in [0.3, 0.4) is 0 Å². The second-order valence-electron chi connectivity index (χ2n) is 3.82. The highest BCUT2D eigenvalue weighted by Crippen LogP contribution is 2.11. The van der Waals surface area contributed by atoms with E-state index in [-0.39, 0.29) is 23.1 Å². The summed E-state index contributed by atoms with van der Waals surface area (Å²) in [4.78, 5) is 37.2. The molecule has 0 aliphatic carbocycles. The number of nitrogens with one attached hydrogen (secondary N) is 1. The molecule has 0 bridgehead atoms. The highest BCUT2D eigenvalue weighted by molar-refractivity contribution is 5.96. The van der Waals surface area contributed by atoms with Gasteiger partial charge < -0.3 is 14.8 Å². The van der Waals surface area contributed by atoms with Crippen molar-refractivity contribution in [3.63, 3.8) is 0 Å². The van der Waals surface area contributed by atoms with Gasteiger partial charge in [-0.15, -0.1) is 0 Å². The van der Waals surface area contributed by atoms with Gasteiger partial charge in [0.25, 0.3) is 0 Å². The lowest BCUT2D eigenvalue weighted by Gasteiger charge is -2.04. The van der Waals surface area contributed by atoms with E-state index in [1.54, 1.807) is 6.92 Å². The Morgan fingerprint density at radius 1 is 1.37 bits per heavy atom. The van der Waals surface area contributed by atoms with Crippen molar-refractivity contribution in [2.75, 3.05) is 6.61 Å². The van der Waals surface area contributed by atoms with Gasteiger partial charge in [-0.3, -0.25) is 4.79 Å². The molecule has 0 saturated heterocycles. The number of fused-ring (bicyclic) bond motifs is 1. The average Bonchev–Trinajstić information content (AvgIpc) is 2.38. The zero-order valence-corrected chi connectivity index (χ0v) is 10.1. The van der Waals surface area contributed by atoms with Crippen molar-refractivity contribution in [1.82, 2.24) is 4.98 Å². The molecule has 1 heterocycles. The molecular weight excluding hydrogens is 250 g/mol. The molecule has 6 nitrogen and oxygen atoms in total. The second-order valence-corrected chi connectivity index (χ2v) is 3.82. The number of esters is 1. The molecule has 0 unspecified atom stereocenters. The van der Waals surface area contributed by atoms with E-state index in [1.807, 2.05) is 0 Å². The highest BCUT2D eigenvalue weighted by atomic mass is 16.5. The summed E-state index contributed by atoms with van der Waals surface area (Å²) in [6.07, 6.45) is 1.23. The van der Waals surface area contributed by atoms with Crippen LogP contribution in [0.15, 0.2) is 29.2 Å². The van der Waals surface area contributed by atoms with Gasteiger partial charge in [-0.1, -0.05) is 0 Å². The highest BCUT2D eigenvalue weighted by Gasteiger charge is 2.14. The molecule has 2 aromatic rings. The monoisotopic (exact) mass is 261 g/mol. The molecule has 0 spiro atoms. The van der Waals surface area contributed by atoms with Crippen molar-refractivity contribution >= 4 is 22.8 Å². The third-order valence-electron chi connectivity index (χ3n) is 2.62. The van der Waals surface area contributed by atoms with Crippen LogP contribution < -0.4 is 5.43 Å². The lowest BCUT2D eigenvalue weighted by molar-refractivity contribution is 0.0524. The maximum atomic E-state index is 12.1. The Morgan fingerprint density at radius 3 is 2.74 bits per heavy atom. The number of aromatic amines is 1. The number of rotatable bonds is 3. The Kier molecular flexibility index (Phi) is 3.33. The number of aromatic nitrogens is 1. The molecule has 0 atom stereocenters. The molecule has 1 aromatic heterocycles. The molecule has 0 fully saturated rings. The first-order valence-corrected chi connectivity index (χ1v) is 5.60. The van der Waals surface area contributed by atoms with Crippen LogP contribution in [0.5, 0.6) is 0 Å². The number of hydrogen-bond acceptors (Lipinski definition) is 4. The summed E-state index contributed by atoms with van der Waals surface area (Å²) in [5.41, 5.74) is -0.161. The lowest BCUT2D eigenvalue weighted by atomic mass is 10.1. The summed E-state index contributed by atoms with van der Waals surface area (Å²) in [5, 5.41) is 9.11. The molecule has 2 N–H and O–H groups in total. The third kappa shape index (κ3) is 2.33. The smallest absolute Gasteiger partial charge is 0.343 e. The van der Waals surface area contributed by atoms with Gasteiger partial charge in [0.15, 0.2) is 0 Å². The van der Waals surface area contributed by atoms with Gasteiger partial charge in [0.2, 0.25) is 5.43 Å². The largest absolute Gasteiger partial charge is 0.478 e. The van der Waals surface area contributed by atoms with Gasteiger partial charge >= 0.3 is 11.9 Å². The van der Waals surface area contributed by atoms with E-state index in [9.17, 15) is 14.4 Å². The van der Waals surface area contributed by atoms with Crippen LogP contribution in [0.1, 0.15) is 27.6 Å². The number of pyridine rings is 1. The van der Waals surface area contributed by atoms with E-state index < -0.39 is 17.4 Å². The third-order valence-corrected chi connectivity index (χ3v) is 2.62. The number of hydrogen-bond donors (Lipinski definition) is 2. The zero-order valence-electron chi connectivity index (χ0n) is 10.1. The van der Waals surface area contributed by atoms with Crippen molar-refractivity contribution in [2.24, 2.45) is 0 Å². The fourth-order valence-electron chi connectivity index (χ4n) is 1.72. The number of H-pyrrole nitrogens is 1. The molecule has 6 heteroatoms. The molecule has 2 rings (SSSR count). The van der Waals surface area contributed by atoms with Crippen LogP contribution in [0.4, 0.5) is 0 Å². The number of carbonyl (C=O) groups excluding carboxylic acids is 1. The van der Waals surface area contributed by atoms with Crippen LogP contribution in [0, 0.1) is 0 Å². The molecular formula is C13H11NO5. The number of carbonyl (C=O) groups is 2. The van der Waals surface area contributed by atoms with Gasteiger partial charge in [0.05, 0.1) is 17.7 Å². The first-order valence-electron chi connectivity index (χ1n) is 5.60. The topological polar surface area (TPSA) is 96.5 Å². The van der Waals surface area contributed by atoms with E-state index >= 15 is 0 Å². The van der Waals surface area contributed by atoms with Gasteiger partial charge in [0.1, 0.15) is 5.56 Å². The van der Waals surface area contributed by atoms with E-state index in [4.69, 9.17) is 9.84 Å². The number of benzene rings is 1. The predicted molar refractivity (Wildman–Crippen MR) is 67.5 cm³/mol. The number of ether oxygens (including phenoxy) is 1. The van der Waals surface area contributed by atoms with E-state index in [0.29, 0.717) is 5.52 Å². The summed E-state index contributed by atoms with van der Waals surface area (Å²) >= 11 is 0. The molecule has 0 saturated carbocycles. The quantitative estimate of drug-likeness (QED) is 0.814. The minimum absolute atomic E-state index is 0.0621. The van der Waals surface area contributed by atoms with Crippen LogP contribution in [-0.2, 0) is 4.74 Å². The minimum atomic E-state index is -1.09. The van der Waals surface area contributed by atoms with Crippen molar-refractivity contribution in [1.29, 1.82) is 0 Å². The number of aromatic carboxylic acids is 1. The predicted octanol–water partition coefficient (Wildman–Crippen LogP) is 1.40. The SMILES string of the molecule is CCOC(=O)c1c[nH]c2cc(C(=O)O)ccc2c1=O. The van der Waals surface area contributed by atoms with Crippen molar-refractivity contribution < 1.29 is 19.4 Å². The number of carboxylic acid groups (broad SMARTS) is 1. The first kappa shape index (κ1) is 12.8. The normalized spacial score (nSPS) is 10.4. The fourth-order valence-corrected chi connectivity index (χ4v) is 1.72. The first-order chi connectivity index (χ1) is 9.04. The van der Waals surface area contributed by atoms with E-state index in [0.717, 1.165) is 0 Å². The van der Waals surface area contributed by atoms with E-state index in [2.05, 4.69) is 4.98 Å². The van der Waals surface area contributed by atoms with Gasteiger partial charge in [-0.05, 0) is 25.1 Å². The van der Waals surface area contributed by atoms with Crippen LogP contribution in [-0.4, -0.2) is 28.6 Å². The minimum Gasteiger partial charge on any atom is -0.478 e.